The minimum atomic E-state index is -5.18. The molecule has 0 heterocycles. The maximum Gasteiger partial charge on any atom is 0.397 e. The van der Waals surface area contributed by atoms with Crippen LogP contribution in [0.2, 0.25) is 0 Å². The maximum atomic E-state index is 11.6. The van der Waals surface area contributed by atoms with Gasteiger partial charge in [-0.05, 0) is 18.2 Å². The van der Waals surface area contributed by atoms with Crippen LogP contribution >= 0.6 is 0 Å². The van der Waals surface area contributed by atoms with Crippen LogP contribution in [0.5, 0.6) is 11.5 Å². The van der Waals surface area contributed by atoms with Crippen molar-refractivity contribution in [3.05, 3.63) is 23.8 Å². The first kappa shape index (κ1) is 32.8. The van der Waals surface area contributed by atoms with Crippen LogP contribution in [0.3, 0.4) is 0 Å². The Kier molecular flexibility index (Phi) is 11.5. The molecule has 0 aliphatic heterocycles. The topological polar surface area (TPSA) is 310 Å². The Morgan fingerprint density at radius 2 is 1.11 bits per heavy atom. The van der Waals surface area contributed by atoms with E-state index in [2.05, 4.69) is 16.7 Å². The first-order valence-corrected chi connectivity index (χ1v) is 14.3. The van der Waals surface area contributed by atoms with E-state index in [1.54, 1.807) is 0 Å². The first-order valence-electron chi connectivity index (χ1n) is 8.81. The van der Waals surface area contributed by atoms with Gasteiger partial charge in [0.05, 0.1) is 13.2 Å². The summed E-state index contributed by atoms with van der Waals surface area (Å²) >= 11 is 0. The van der Waals surface area contributed by atoms with E-state index in [1.807, 2.05) is 0 Å². The molecule has 0 saturated heterocycles. The number of aromatic carboxylic acids is 1. The lowest BCUT2D eigenvalue weighted by atomic mass is 10.2. The van der Waals surface area contributed by atoms with Gasteiger partial charge in [0.15, 0.2) is 0 Å². The molecule has 0 amide bonds. The van der Waals surface area contributed by atoms with E-state index in [1.165, 1.54) is 0 Å². The Balaban J connectivity index is 3.03. The van der Waals surface area contributed by atoms with E-state index in [0.29, 0.717) is 0 Å². The van der Waals surface area contributed by atoms with E-state index in [-0.39, 0.29) is 5.75 Å². The van der Waals surface area contributed by atoms with Crippen LogP contribution in [0, 0.1) is 0 Å². The third kappa shape index (κ3) is 15.6. The number of carbonyl (C=O) groups is 1. The molecule has 0 saturated carbocycles. The van der Waals surface area contributed by atoms with Crippen molar-refractivity contribution in [1.82, 2.24) is 0 Å². The SMILES string of the molecule is O=C(O)c1cc(OC[C@@H](COS(=O)(=O)O)OS(=O)(=O)O)ccc1OC[C@@H](COS(=O)(=O)O)OS(=O)(=O)O. The fraction of sp³-hybridized carbons (Fsp3) is 0.462. The van der Waals surface area contributed by atoms with Gasteiger partial charge in [-0.3, -0.25) is 18.2 Å². The van der Waals surface area contributed by atoms with E-state index in [9.17, 15) is 43.6 Å². The molecule has 214 valence electrons. The highest BCUT2D eigenvalue weighted by molar-refractivity contribution is 7.81. The van der Waals surface area contributed by atoms with Crippen LogP contribution in [0.4, 0.5) is 0 Å². The molecule has 0 bridgehead atoms. The van der Waals surface area contributed by atoms with E-state index < -0.39 is 97.5 Å². The van der Waals surface area contributed by atoms with Crippen molar-refractivity contribution >= 4 is 47.6 Å². The lowest BCUT2D eigenvalue weighted by molar-refractivity contribution is 0.0650. The van der Waals surface area contributed by atoms with Crippen molar-refractivity contribution in [2.24, 2.45) is 0 Å². The second-order valence-corrected chi connectivity index (χ2v) is 10.6. The monoisotopic (exact) mass is 622 g/mol. The Morgan fingerprint density at radius 1 is 0.676 bits per heavy atom. The van der Waals surface area contributed by atoms with Gasteiger partial charge in [-0.25, -0.2) is 21.5 Å². The van der Waals surface area contributed by atoms with Crippen molar-refractivity contribution in [2.75, 3.05) is 26.4 Å². The van der Waals surface area contributed by atoms with Gasteiger partial charge >= 0.3 is 47.6 Å². The highest BCUT2D eigenvalue weighted by Gasteiger charge is 2.24. The van der Waals surface area contributed by atoms with Crippen molar-refractivity contribution in [1.29, 1.82) is 0 Å². The number of carboxylic acids is 1. The Bertz CT molecular complexity index is 1360. The van der Waals surface area contributed by atoms with Gasteiger partial charge in [0.2, 0.25) is 0 Å². The summed E-state index contributed by atoms with van der Waals surface area (Å²) in [6.07, 6.45) is -3.77. The quantitative estimate of drug-likeness (QED) is 0.119. The molecule has 2 atom stereocenters. The molecule has 0 unspecified atom stereocenters. The molecule has 1 aromatic carbocycles. The first-order chi connectivity index (χ1) is 16.6. The molecule has 0 aromatic heterocycles. The molecule has 1 rings (SSSR count). The predicted octanol–water partition coefficient (Wildman–Crippen LogP) is -1.84. The van der Waals surface area contributed by atoms with E-state index in [0.717, 1.165) is 18.2 Å². The molecular formula is C13H18O20S4. The Labute approximate surface area is 209 Å². The number of hydrogen-bond acceptors (Lipinski definition) is 15. The number of benzene rings is 1. The number of ether oxygens (including phenoxy) is 2. The fourth-order valence-electron chi connectivity index (χ4n) is 2.14. The summed E-state index contributed by atoms with van der Waals surface area (Å²) < 4.78 is 147. The third-order valence-electron chi connectivity index (χ3n) is 3.36. The van der Waals surface area contributed by atoms with Crippen LogP contribution in [-0.4, -0.2) is 102 Å². The summed E-state index contributed by atoms with van der Waals surface area (Å²) in [7, 11) is -20.4. The van der Waals surface area contributed by atoms with Gasteiger partial charge in [0.25, 0.3) is 0 Å². The van der Waals surface area contributed by atoms with Crippen LogP contribution in [0.15, 0.2) is 18.2 Å². The zero-order valence-corrected chi connectivity index (χ0v) is 21.0. The van der Waals surface area contributed by atoms with Crippen molar-refractivity contribution in [3.8, 4) is 11.5 Å². The molecule has 0 spiro atoms. The zero-order valence-electron chi connectivity index (χ0n) is 17.7. The van der Waals surface area contributed by atoms with Crippen LogP contribution in [0.1, 0.15) is 10.4 Å². The Morgan fingerprint density at radius 3 is 1.49 bits per heavy atom. The fourth-order valence-corrected chi connectivity index (χ4v) is 3.70. The number of hydrogen-bond donors (Lipinski definition) is 5. The lowest BCUT2D eigenvalue weighted by Gasteiger charge is -2.18. The summed E-state index contributed by atoms with van der Waals surface area (Å²) in [5.41, 5.74) is -0.680. The molecule has 5 N–H and O–H groups in total. The second-order valence-electron chi connectivity index (χ2n) is 6.30. The van der Waals surface area contributed by atoms with Crippen molar-refractivity contribution in [2.45, 2.75) is 12.2 Å². The predicted molar refractivity (Wildman–Crippen MR) is 112 cm³/mol. The summed E-state index contributed by atoms with van der Waals surface area (Å²) in [6, 6.07) is 2.70. The lowest BCUT2D eigenvalue weighted by Crippen LogP contribution is -2.31. The molecule has 24 heteroatoms. The standard InChI is InChI=1S/C13H18O20S4/c14-13(15)11-3-8(28-4-9(32-36(22,23)24)6-30-34(16,17)18)1-2-12(11)29-5-10(33-37(25,26)27)7-31-35(19,20)21/h1-3,9-10H,4-7H2,(H,14,15)(H,16,17,18)(H,19,20,21)(H,22,23,24)(H,25,26,27)/t9-,10-/m0/s1. The molecule has 1 aromatic rings. The molecule has 37 heavy (non-hydrogen) atoms. The van der Waals surface area contributed by atoms with Gasteiger partial charge < -0.3 is 14.6 Å². The molecule has 0 fully saturated rings. The van der Waals surface area contributed by atoms with Gasteiger partial charge in [-0.2, -0.15) is 33.7 Å². The normalized spacial score (nSPS) is 14.6. The van der Waals surface area contributed by atoms with Gasteiger partial charge in [0, 0.05) is 0 Å². The smallest absolute Gasteiger partial charge is 0.397 e. The van der Waals surface area contributed by atoms with Crippen molar-refractivity contribution < 1.29 is 88.0 Å². The third-order valence-corrected chi connectivity index (χ3v) is 5.26. The zero-order chi connectivity index (χ0) is 28.7. The van der Waals surface area contributed by atoms with E-state index in [4.69, 9.17) is 27.7 Å². The summed E-state index contributed by atoms with van der Waals surface area (Å²) in [5.74, 6) is -2.50. The highest BCUT2D eigenvalue weighted by Crippen LogP contribution is 2.25. The summed E-state index contributed by atoms with van der Waals surface area (Å²) in [6.45, 7) is -4.19. The summed E-state index contributed by atoms with van der Waals surface area (Å²) in [4.78, 5) is 11.6. The maximum absolute atomic E-state index is 11.6. The molecule has 0 aliphatic rings. The van der Waals surface area contributed by atoms with Crippen LogP contribution in [-0.2, 0) is 58.3 Å². The average molecular weight is 623 g/mol. The highest BCUT2D eigenvalue weighted by atomic mass is 32.3. The van der Waals surface area contributed by atoms with Crippen molar-refractivity contribution in [3.63, 3.8) is 0 Å². The van der Waals surface area contributed by atoms with Gasteiger partial charge in [-0.1, -0.05) is 0 Å². The molecule has 0 aliphatic carbocycles. The Hall–Kier alpha value is -2.23. The van der Waals surface area contributed by atoms with Gasteiger partial charge in [0.1, 0.15) is 42.5 Å². The van der Waals surface area contributed by atoms with E-state index >= 15 is 0 Å². The second kappa shape index (κ2) is 13.0. The van der Waals surface area contributed by atoms with Gasteiger partial charge in [-0.15, -0.1) is 0 Å². The molecule has 20 nitrogen and oxygen atoms in total. The summed E-state index contributed by atoms with van der Waals surface area (Å²) in [5, 5.41) is 9.36. The largest absolute Gasteiger partial charge is 0.491 e. The van der Waals surface area contributed by atoms with Crippen LogP contribution < -0.4 is 9.47 Å². The number of carboxylic acid groups (broad SMARTS) is 1. The molecular weight excluding hydrogens is 604 g/mol. The minimum Gasteiger partial charge on any atom is -0.491 e. The van der Waals surface area contributed by atoms with Crippen LogP contribution in [0.25, 0.3) is 0 Å². The average Bonchev–Trinajstić information content (AvgIpc) is 2.69. The molecule has 0 radical (unpaired) electrons. The minimum absolute atomic E-state index is 0.332. The number of rotatable bonds is 17.